The highest BCUT2D eigenvalue weighted by Gasteiger charge is 2.44. The predicted molar refractivity (Wildman–Crippen MR) is 90.4 cm³/mol. The van der Waals surface area contributed by atoms with Gasteiger partial charge >= 0.3 is 0 Å². The highest BCUT2D eigenvalue weighted by Crippen LogP contribution is 2.43. The van der Waals surface area contributed by atoms with E-state index in [0.29, 0.717) is 11.8 Å². The molecule has 112 valence electrons. The van der Waals surface area contributed by atoms with Gasteiger partial charge in [0, 0.05) is 5.75 Å². The SMILES string of the molecule is C1=CC(c2nc3ccccc3o2)(c2nc3ccccc3o2)CS1. The number of hydrogen-bond acceptors (Lipinski definition) is 5. The first kappa shape index (κ1) is 13.0. The fourth-order valence-electron chi connectivity index (χ4n) is 2.88. The first-order valence-corrected chi connectivity index (χ1v) is 8.41. The molecule has 5 rings (SSSR count). The number of para-hydroxylation sites is 4. The predicted octanol–water partition coefficient (Wildman–Crippen LogP) is 4.52. The molecule has 4 aromatic rings. The zero-order valence-electron chi connectivity index (χ0n) is 12.1. The van der Waals surface area contributed by atoms with E-state index in [1.165, 1.54) is 0 Å². The fraction of sp³-hybridized carbons (Fsp3) is 0.111. The summed E-state index contributed by atoms with van der Waals surface area (Å²) >= 11 is 1.71. The van der Waals surface area contributed by atoms with Crippen LogP contribution in [0.5, 0.6) is 0 Å². The quantitative estimate of drug-likeness (QED) is 0.543. The smallest absolute Gasteiger partial charge is 0.215 e. The molecule has 0 unspecified atom stereocenters. The first-order valence-electron chi connectivity index (χ1n) is 7.37. The molecule has 0 aliphatic carbocycles. The summed E-state index contributed by atoms with van der Waals surface area (Å²) in [7, 11) is 0. The molecule has 1 aliphatic rings. The van der Waals surface area contributed by atoms with E-state index in [1.807, 2.05) is 48.5 Å². The molecule has 2 aromatic heterocycles. The standard InChI is InChI=1S/C18H12N2O2S/c1-3-7-14-12(5-1)19-16(21-14)18(9-10-23-11-18)17-20-13-6-2-4-8-15(13)22-17/h1-10H,11H2. The molecule has 0 saturated carbocycles. The molecule has 0 saturated heterocycles. The normalized spacial score (nSPS) is 16.5. The lowest BCUT2D eigenvalue weighted by atomic mass is 9.90. The van der Waals surface area contributed by atoms with Crippen molar-refractivity contribution in [3.05, 3.63) is 71.8 Å². The molecule has 3 heterocycles. The maximum absolute atomic E-state index is 6.03. The van der Waals surface area contributed by atoms with Gasteiger partial charge in [0.25, 0.3) is 0 Å². The lowest BCUT2D eigenvalue weighted by molar-refractivity contribution is 0.395. The van der Waals surface area contributed by atoms with Gasteiger partial charge in [0.15, 0.2) is 16.6 Å². The third-order valence-electron chi connectivity index (χ3n) is 4.11. The maximum Gasteiger partial charge on any atom is 0.215 e. The van der Waals surface area contributed by atoms with Gasteiger partial charge < -0.3 is 8.83 Å². The van der Waals surface area contributed by atoms with Gasteiger partial charge in [-0.3, -0.25) is 0 Å². The van der Waals surface area contributed by atoms with E-state index in [0.717, 1.165) is 28.0 Å². The van der Waals surface area contributed by atoms with Crippen molar-refractivity contribution < 1.29 is 8.83 Å². The second-order valence-corrected chi connectivity index (χ2v) is 6.45. The Bertz CT molecular complexity index is 907. The van der Waals surface area contributed by atoms with E-state index in [9.17, 15) is 0 Å². The van der Waals surface area contributed by atoms with Crippen molar-refractivity contribution >= 4 is 34.0 Å². The summed E-state index contributed by atoms with van der Waals surface area (Å²) in [6.45, 7) is 0. The molecule has 0 atom stereocenters. The average Bonchev–Trinajstić information content (AvgIpc) is 3.31. The summed E-state index contributed by atoms with van der Waals surface area (Å²) < 4.78 is 12.1. The third kappa shape index (κ3) is 1.86. The van der Waals surface area contributed by atoms with Gasteiger partial charge in [-0.15, -0.1) is 11.8 Å². The van der Waals surface area contributed by atoms with Crippen LogP contribution in [-0.4, -0.2) is 15.7 Å². The Balaban J connectivity index is 1.75. The molecule has 1 aliphatic heterocycles. The van der Waals surface area contributed by atoms with Crippen molar-refractivity contribution in [3.63, 3.8) is 0 Å². The molecular weight excluding hydrogens is 308 g/mol. The van der Waals surface area contributed by atoms with Crippen LogP contribution in [0.15, 0.2) is 68.8 Å². The summed E-state index contributed by atoms with van der Waals surface area (Å²) in [5.74, 6) is 2.03. The zero-order valence-corrected chi connectivity index (χ0v) is 12.9. The lowest BCUT2D eigenvalue weighted by Crippen LogP contribution is -2.26. The van der Waals surface area contributed by atoms with Gasteiger partial charge in [0.2, 0.25) is 11.8 Å². The number of nitrogens with zero attached hydrogens (tertiary/aromatic N) is 2. The number of fused-ring (bicyclic) bond motifs is 2. The maximum atomic E-state index is 6.03. The van der Waals surface area contributed by atoms with E-state index < -0.39 is 5.41 Å². The summed E-state index contributed by atoms with van der Waals surface area (Å²) in [5.41, 5.74) is 2.71. The van der Waals surface area contributed by atoms with Crippen molar-refractivity contribution in [2.24, 2.45) is 0 Å². The number of benzene rings is 2. The van der Waals surface area contributed by atoms with Crippen molar-refractivity contribution in [2.45, 2.75) is 5.41 Å². The molecule has 4 nitrogen and oxygen atoms in total. The molecule has 5 heteroatoms. The molecule has 0 spiro atoms. The first-order chi connectivity index (χ1) is 11.4. The van der Waals surface area contributed by atoms with Crippen molar-refractivity contribution in [1.29, 1.82) is 0 Å². The van der Waals surface area contributed by atoms with Crippen molar-refractivity contribution in [2.75, 3.05) is 5.75 Å². The monoisotopic (exact) mass is 320 g/mol. The van der Waals surface area contributed by atoms with Crippen LogP contribution in [0, 0.1) is 0 Å². The molecule has 0 N–H and O–H groups in total. The summed E-state index contributed by atoms with van der Waals surface area (Å²) in [5, 5.41) is 2.06. The minimum Gasteiger partial charge on any atom is -0.439 e. The molecule has 2 aromatic carbocycles. The average molecular weight is 320 g/mol. The Labute approximate surface area is 136 Å². The highest BCUT2D eigenvalue weighted by molar-refractivity contribution is 8.02. The molecule has 0 amide bonds. The largest absolute Gasteiger partial charge is 0.439 e. The van der Waals surface area contributed by atoms with Crippen LogP contribution in [0.3, 0.4) is 0 Å². The Morgan fingerprint density at radius 3 is 1.87 bits per heavy atom. The van der Waals surface area contributed by atoms with Gasteiger partial charge in [-0.25, -0.2) is 9.97 Å². The Hall–Kier alpha value is -2.53. The number of allylic oxidation sites excluding steroid dienone is 1. The number of oxazole rings is 2. The fourth-order valence-corrected chi connectivity index (χ4v) is 3.91. The van der Waals surface area contributed by atoms with Gasteiger partial charge in [-0.2, -0.15) is 0 Å². The van der Waals surface area contributed by atoms with Gasteiger partial charge in [-0.1, -0.05) is 30.3 Å². The molecule has 0 fully saturated rings. The summed E-state index contributed by atoms with van der Waals surface area (Å²) in [6.07, 6.45) is 2.08. The summed E-state index contributed by atoms with van der Waals surface area (Å²) in [4.78, 5) is 9.36. The number of thioether (sulfide) groups is 1. The van der Waals surface area contributed by atoms with Gasteiger partial charge in [0.05, 0.1) is 0 Å². The van der Waals surface area contributed by atoms with E-state index in [1.54, 1.807) is 11.8 Å². The van der Waals surface area contributed by atoms with E-state index >= 15 is 0 Å². The number of aromatic nitrogens is 2. The number of rotatable bonds is 2. The zero-order chi connectivity index (χ0) is 15.3. The highest BCUT2D eigenvalue weighted by atomic mass is 32.2. The van der Waals surface area contributed by atoms with Crippen molar-refractivity contribution in [1.82, 2.24) is 9.97 Å². The molecule has 0 bridgehead atoms. The minimum atomic E-state index is -0.553. The molecular formula is C18H12N2O2S. The van der Waals surface area contributed by atoms with E-state index in [4.69, 9.17) is 8.83 Å². The minimum absolute atomic E-state index is 0.553. The van der Waals surface area contributed by atoms with E-state index in [-0.39, 0.29) is 0 Å². The Morgan fingerprint density at radius 1 is 0.826 bits per heavy atom. The summed E-state index contributed by atoms with van der Waals surface area (Å²) in [6, 6.07) is 15.6. The second kappa shape index (κ2) is 4.73. The van der Waals surface area contributed by atoms with Crippen LogP contribution in [0.4, 0.5) is 0 Å². The topological polar surface area (TPSA) is 52.1 Å². The molecule has 23 heavy (non-hydrogen) atoms. The van der Waals surface area contributed by atoms with Crippen LogP contribution < -0.4 is 0 Å². The molecule has 0 radical (unpaired) electrons. The van der Waals surface area contributed by atoms with Crippen LogP contribution in [-0.2, 0) is 5.41 Å². The van der Waals surface area contributed by atoms with E-state index in [2.05, 4.69) is 21.5 Å². The Kier molecular flexibility index (Phi) is 2.67. The van der Waals surface area contributed by atoms with Crippen LogP contribution in [0.2, 0.25) is 0 Å². The third-order valence-corrected chi connectivity index (χ3v) is 5.06. The van der Waals surface area contributed by atoms with Gasteiger partial charge in [0.1, 0.15) is 11.0 Å². The van der Waals surface area contributed by atoms with Gasteiger partial charge in [-0.05, 0) is 29.7 Å². The Morgan fingerprint density at radius 2 is 1.39 bits per heavy atom. The second-order valence-electron chi connectivity index (χ2n) is 5.56. The number of hydrogen-bond donors (Lipinski definition) is 0. The van der Waals surface area contributed by atoms with Crippen LogP contribution in [0.25, 0.3) is 22.2 Å². The van der Waals surface area contributed by atoms with Crippen molar-refractivity contribution in [3.8, 4) is 0 Å². The van der Waals surface area contributed by atoms with Crippen LogP contribution in [0.1, 0.15) is 11.8 Å². The lowest BCUT2D eigenvalue weighted by Gasteiger charge is -2.18. The van der Waals surface area contributed by atoms with Crippen LogP contribution >= 0.6 is 11.8 Å².